The van der Waals surface area contributed by atoms with Crippen LogP contribution in [0.15, 0.2) is 18.2 Å². The molecule has 1 aromatic rings. The van der Waals surface area contributed by atoms with Crippen LogP contribution in [0.1, 0.15) is 6.92 Å². The van der Waals surface area contributed by atoms with E-state index in [-0.39, 0.29) is 30.3 Å². The third-order valence-corrected chi connectivity index (χ3v) is 1.89. The van der Waals surface area contributed by atoms with E-state index in [9.17, 15) is 14.9 Å². The van der Waals surface area contributed by atoms with Crippen molar-refractivity contribution in [1.29, 1.82) is 0 Å². The van der Waals surface area contributed by atoms with Gasteiger partial charge in [0.1, 0.15) is 5.75 Å². The highest BCUT2D eigenvalue weighted by molar-refractivity contribution is 5.72. The molecule has 0 heterocycles. The minimum atomic E-state index is -0.618. The fourth-order valence-electron chi connectivity index (χ4n) is 1.16. The smallest absolute Gasteiger partial charge is 0.344 e. The summed E-state index contributed by atoms with van der Waals surface area (Å²) in [5, 5.41) is 10.6. The van der Waals surface area contributed by atoms with Gasteiger partial charge in [0.2, 0.25) is 0 Å². The summed E-state index contributed by atoms with van der Waals surface area (Å²) in [5.74, 6) is -0.467. The van der Waals surface area contributed by atoms with Gasteiger partial charge >= 0.3 is 5.97 Å². The third-order valence-electron chi connectivity index (χ3n) is 1.89. The molecular weight excluding hydrogens is 228 g/mol. The fourth-order valence-corrected chi connectivity index (χ4v) is 1.16. The summed E-state index contributed by atoms with van der Waals surface area (Å²) in [4.78, 5) is 21.0. The molecule has 17 heavy (non-hydrogen) atoms. The summed E-state index contributed by atoms with van der Waals surface area (Å²) in [6.07, 6.45) is 0. The second kappa shape index (κ2) is 5.69. The molecule has 1 aromatic carbocycles. The largest absolute Gasteiger partial charge is 0.479 e. The Bertz CT molecular complexity index is 433. The van der Waals surface area contributed by atoms with Crippen molar-refractivity contribution in [2.24, 2.45) is 0 Å². The lowest BCUT2D eigenvalue weighted by Crippen LogP contribution is -2.15. The first-order valence-corrected chi connectivity index (χ1v) is 4.87. The number of carbonyl (C=O) groups excluding carboxylic acids is 1. The van der Waals surface area contributed by atoms with Gasteiger partial charge in [-0.2, -0.15) is 0 Å². The number of hydrogen-bond donors (Lipinski definition) is 1. The summed E-state index contributed by atoms with van der Waals surface area (Å²) in [5.41, 5.74) is 5.16. The number of hydrogen-bond acceptors (Lipinski definition) is 6. The average molecular weight is 240 g/mol. The van der Waals surface area contributed by atoms with Gasteiger partial charge in [0.05, 0.1) is 11.5 Å². The number of benzene rings is 1. The van der Waals surface area contributed by atoms with Crippen LogP contribution < -0.4 is 10.5 Å². The molecular formula is C10H12N2O5. The third kappa shape index (κ3) is 3.33. The number of carbonyl (C=O) groups is 1. The van der Waals surface area contributed by atoms with Crippen molar-refractivity contribution in [1.82, 2.24) is 0 Å². The van der Waals surface area contributed by atoms with Crippen molar-refractivity contribution in [2.45, 2.75) is 6.92 Å². The Morgan fingerprint density at radius 3 is 2.82 bits per heavy atom. The molecule has 0 unspecified atom stereocenters. The standard InChI is InChI=1S/C10H12N2O5/c1-2-16-9(13)6-17-8-5-3-4-7(10(8)11)12(14)15/h3-5H,2,6,11H2,1H3. The SMILES string of the molecule is CCOC(=O)COc1cccc([N+](=O)[O-])c1N. The predicted octanol–water partition coefficient (Wildman–Crippen LogP) is 1.12. The molecule has 2 N–H and O–H groups in total. The van der Waals surface area contributed by atoms with Crippen molar-refractivity contribution in [3.05, 3.63) is 28.3 Å². The number of nitro benzene ring substituents is 1. The molecule has 0 spiro atoms. The first-order chi connectivity index (χ1) is 8.06. The molecule has 0 fully saturated rings. The number of nitro groups is 1. The minimum Gasteiger partial charge on any atom is -0.479 e. The molecule has 0 radical (unpaired) electrons. The summed E-state index contributed by atoms with van der Waals surface area (Å²) in [6.45, 7) is 1.57. The van der Waals surface area contributed by atoms with Gasteiger partial charge in [-0.25, -0.2) is 4.79 Å². The lowest BCUT2D eigenvalue weighted by Gasteiger charge is -2.07. The lowest BCUT2D eigenvalue weighted by molar-refractivity contribution is -0.384. The Morgan fingerprint density at radius 2 is 2.24 bits per heavy atom. The zero-order chi connectivity index (χ0) is 12.8. The first kappa shape index (κ1) is 12.8. The zero-order valence-electron chi connectivity index (χ0n) is 9.21. The number of rotatable bonds is 5. The molecule has 0 amide bonds. The van der Waals surface area contributed by atoms with Crippen molar-refractivity contribution in [3.63, 3.8) is 0 Å². The Balaban J connectivity index is 2.75. The number of ether oxygens (including phenoxy) is 2. The van der Waals surface area contributed by atoms with Crippen molar-refractivity contribution in [3.8, 4) is 5.75 Å². The zero-order valence-corrected chi connectivity index (χ0v) is 9.21. The van der Waals surface area contributed by atoms with Crippen LogP contribution in [0.5, 0.6) is 5.75 Å². The quantitative estimate of drug-likeness (QED) is 0.358. The van der Waals surface area contributed by atoms with Gasteiger partial charge in [-0.05, 0) is 13.0 Å². The van der Waals surface area contributed by atoms with Crippen LogP contribution in [0.2, 0.25) is 0 Å². The highest BCUT2D eigenvalue weighted by Crippen LogP contribution is 2.30. The Morgan fingerprint density at radius 1 is 1.53 bits per heavy atom. The minimum absolute atomic E-state index is 0.0900. The molecule has 1 rings (SSSR count). The van der Waals surface area contributed by atoms with Crippen LogP contribution in [0.3, 0.4) is 0 Å². The highest BCUT2D eigenvalue weighted by atomic mass is 16.6. The number of anilines is 1. The molecule has 7 heteroatoms. The second-order valence-corrected chi connectivity index (χ2v) is 3.04. The van der Waals surface area contributed by atoms with Gasteiger partial charge in [0, 0.05) is 6.07 Å². The summed E-state index contributed by atoms with van der Waals surface area (Å²) in [7, 11) is 0. The van der Waals surface area contributed by atoms with Crippen molar-refractivity contribution in [2.75, 3.05) is 18.9 Å². The van der Waals surface area contributed by atoms with Gasteiger partial charge in [-0.3, -0.25) is 10.1 Å². The summed E-state index contributed by atoms with van der Waals surface area (Å²) in [6, 6.07) is 4.13. The van der Waals surface area contributed by atoms with E-state index in [4.69, 9.17) is 10.5 Å². The molecule has 0 aliphatic heterocycles. The summed E-state index contributed by atoms with van der Waals surface area (Å²) >= 11 is 0. The van der Waals surface area contributed by atoms with Crippen LogP contribution in [0.4, 0.5) is 11.4 Å². The lowest BCUT2D eigenvalue weighted by atomic mass is 10.2. The van der Waals surface area contributed by atoms with Gasteiger partial charge < -0.3 is 15.2 Å². The van der Waals surface area contributed by atoms with Crippen LogP contribution >= 0.6 is 0 Å². The normalized spacial score (nSPS) is 9.71. The molecule has 0 bridgehead atoms. The fraction of sp³-hybridized carbons (Fsp3) is 0.300. The number of esters is 1. The van der Waals surface area contributed by atoms with Crippen molar-refractivity contribution < 1.29 is 19.2 Å². The van der Waals surface area contributed by atoms with Gasteiger partial charge in [-0.1, -0.05) is 6.07 Å². The molecule has 0 aliphatic rings. The molecule has 0 saturated heterocycles. The van der Waals surface area contributed by atoms with Crippen molar-refractivity contribution >= 4 is 17.3 Å². The second-order valence-electron chi connectivity index (χ2n) is 3.04. The number of para-hydroxylation sites is 1. The maximum absolute atomic E-state index is 11.0. The van der Waals surface area contributed by atoms with Crippen LogP contribution in [0, 0.1) is 10.1 Å². The number of nitrogens with two attached hydrogens (primary N) is 1. The highest BCUT2D eigenvalue weighted by Gasteiger charge is 2.16. The molecule has 0 saturated carbocycles. The van der Waals surface area contributed by atoms with E-state index in [1.54, 1.807) is 6.92 Å². The predicted molar refractivity (Wildman–Crippen MR) is 59.6 cm³/mol. The molecule has 7 nitrogen and oxygen atoms in total. The maximum Gasteiger partial charge on any atom is 0.344 e. The van der Waals surface area contributed by atoms with Crippen LogP contribution in [-0.4, -0.2) is 24.1 Å². The van der Waals surface area contributed by atoms with Crippen LogP contribution in [0.25, 0.3) is 0 Å². The van der Waals surface area contributed by atoms with Gasteiger partial charge in [0.15, 0.2) is 12.3 Å². The maximum atomic E-state index is 11.0. The first-order valence-electron chi connectivity index (χ1n) is 4.87. The van der Waals surface area contributed by atoms with E-state index in [0.29, 0.717) is 0 Å². The van der Waals surface area contributed by atoms with Gasteiger partial charge in [0.25, 0.3) is 5.69 Å². The van der Waals surface area contributed by atoms with Gasteiger partial charge in [-0.15, -0.1) is 0 Å². The number of nitrogens with zero attached hydrogens (tertiary/aromatic N) is 1. The van der Waals surface area contributed by atoms with E-state index in [2.05, 4.69) is 4.74 Å². The van der Waals surface area contributed by atoms with E-state index in [1.165, 1.54) is 18.2 Å². The Kier molecular flexibility index (Phi) is 4.27. The summed E-state index contributed by atoms with van der Waals surface area (Å²) < 4.78 is 9.68. The van der Waals surface area contributed by atoms with E-state index in [0.717, 1.165) is 0 Å². The Hall–Kier alpha value is -2.31. The average Bonchev–Trinajstić information content (AvgIpc) is 2.27. The Labute approximate surface area is 97.3 Å². The molecule has 92 valence electrons. The van der Waals surface area contributed by atoms with E-state index >= 15 is 0 Å². The van der Waals surface area contributed by atoms with E-state index in [1.807, 2.05) is 0 Å². The molecule has 0 aromatic heterocycles. The topological polar surface area (TPSA) is 105 Å². The monoisotopic (exact) mass is 240 g/mol. The number of nitrogen functional groups attached to an aromatic ring is 1. The molecule has 0 atom stereocenters. The van der Waals surface area contributed by atoms with Crippen LogP contribution in [-0.2, 0) is 9.53 Å². The molecule has 0 aliphatic carbocycles. The van der Waals surface area contributed by atoms with E-state index < -0.39 is 10.9 Å².